The van der Waals surface area contributed by atoms with E-state index in [2.05, 4.69) is 26.0 Å². The van der Waals surface area contributed by atoms with E-state index in [0.29, 0.717) is 6.04 Å². The van der Waals surface area contributed by atoms with Crippen molar-refractivity contribution in [3.8, 4) is 0 Å². The molecular formula is C30H61N. The summed E-state index contributed by atoms with van der Waals surface area (Å²) in [5.74, 6) is 0. The van der Waals surface area contributed by atoms with Crippen molar-refractivity contribution in [1.29, 1.82) is 0 Å². The van der Waals surface area contributed by atoms with Crippen molar-refractivity contribution in [3.63, 3.8) is 0 Å². The Morgan fingerprint density at radius 2 is 0.710 bits per heavy atom. The van der Waals surface area contributed by atoms with Crippen molar-refractivity contribution in [3.05, 3.63) is 12.2 Å². The van der Waals surface area contributed by atoms with E-state index in [9.17, 15) is 0 Å². The van der Waals surface area contributed by atoms with E-state index in [4.69, 9.17) is 5.73 Å². The van der Waals surface area contributed by atoms with E-state index in [-0.39, 0.29) is 0 Å². The van der Waals surface area contributed by atoms with Gasteiger partial charge < -0.3 is 5.73 Å². The van der Waals surface area contributed by atoms with Gasteiger partial charge in [-0.1, -0.05) is 148 Å². The Bertz CT molecular complexity index is 335. The first-order chi connectivity index (χ1) is 15.3. The third-order valence-corrected chi connectivity index (χ3v) is 6.77. The molecule has 0 rings (SSSR count). The molecule has 1 atom stereocenters. The zero-order chi connectivity index (χ0) is 22.7. The Morgan fingerprint density at radius 1 is 0.419 bits per heavy atom. The molecule has 0 heterocycles. The summed E-state index contributed by atoms with van der Waals surface area (Å²) in [5, 5.41) is 0. The van der Waals surface area contributed by atoms with Crippen molar-refractivity contribution in [2.75, 3.05) is 0 Å². The molecule has 0 amide bonds. The Labute approximate surface area is 198 Å². The van der Waals surface area contributed by atoms with Crippen LogP contribution in [-0.4, -0.2) is 6.04 Å². The van der Waals surface area contributed by atoms with Gasteiger partial charge in [0.05, 0.1) is 0 Å². The number of unbranched alkanes of at least 4 members (excludes halogenated alkanes) is 20. The van der Waals surface area contributed by atoms with E-state index in [1.54, 1.807) is 0 Å². The molecule has 0 aromatic rings. The highest BCUT2D eigenvalue weighted by atomic mass is 14.6. The van der Waals surface area contributed by atoms with Crippen LogP contribution in [0.15, 0.2) is 12.2 Å². The Kier molecular flexibility index (Phi) is 27.5. The molecule has 1 heteroatoms. The fourth-order valence-electron chi connectivity index (χ4n) is 4.52. The molecule has 2 N–H and O–H groups in total. The number of hydrogen-bond acceptors (Lipinski definition) is 1. The van der Waals surface area contributed by atoms with Crippen LogP contribution in [0.4, 0.5) is 0 Å². The quantitative estimate of drug-likeness (QED) is 0.106. The highest BCUT2D eigenvalue weighted by Crippen LogP contribution is 2.14. The first-order valence-corrected chi connectivity index (χ1v) is 14.7. The van der Waals surface area contributed by atoms with E-state index in [0.717, 1.165) is 0 Å². The molecule has 0 aliphatic carbocycles. The Morgan fingerprint density at radius 3 is 1.06 bits per heavy atom. The maximum atomic E-state index is 6.31. The van der Waals surface area contributed by atoms with Crippen molar-refractivity contribution in [1.82, 2.24) is 0 Å². The van der Waals surface area contributed by atoms with Gasteiger partial charge in [-0.25, -0.2) is 0 Å². The summed E-state index contributed by atoms with van der Waals surface area (Å²) < 4.78 is 0. The lowest BCUT2D eigenvalue weighted by Gasteiger charge is -2.11. The van der Waals surface area contributed by atoms with Crippen LogP contribution in [-0.2, 0) is 0 Å². The first-order valence-electron chi connectivity index (χ1n) is 14.7. The van der Waals surface area contributed by atoms with Crippen molar-refractivity contribution in [2.45, 2.75) is 180 Å². The van der Waals surface area contributed by atoms with Gasteiger partial charge in [-0.15, -0.1) is 0 Å². The molecule has 0 aromatic carbocycles. The van der Waals surface area contributed by atoms with Gasteiger partial charge in [-0.05, 0) is 38.5 Å². The van der Waals surface area contributed by atoms with Crippen LogP contribution in [0.25, 0.3) is 0 Å². The zero-order valence-corrected chi connectivity index (χ0v) is 22.0. The van der Waals surface area contributed by atoms with Gasteiger partial charge in [0.15, 0.2) is 0 Å². The lowest BCUT2D eigenvalue weighted by molar-refractivity contribution is 0.484. The smallest absolute Gasteiger partial charge is 0.00388 e. The van der Waals surface area contributed by atoms with Gasteiger partial charge in [-0.3, -0.25) is 0 Å². The minimum absolute atomic E-state index is 0.455. The van der Waals surface area contributed by atoms with Crippen molar-refractivity contribution >= 4 is 0 Å². The molecule has 1 nitrogen and oxygen atoms in total. The standard InChI is InChI=1S/C30H61N/c1-3-5-7-9-11-13-14-15-16-17-18-19-20-21-23-25-27-29-30(31)28-26-24-22-12-10-8-6-4-2/h18-19,30H,3-17,20-29,31H2,1-2H3. The maximum absolute atomic E-state index is 6.31. The van der Waals surface area contributed by atoms with E-state index < -0.39 is 0 Å². The predicted molar refractivity (Wildman–Crippen MR) is 144 cm³/mol. The molecule has 0 radical (unpaired) electrons. The van der Waals surface area contributed by atoms with Crippen LogP contribution in [0.1, 0.15) is 174 Å². The minimum atomic E-state index is 0.455. The molecule has 1 unspecified atom stereocenters. The van der Waals surface area contributed by atoms with Crippen molar-refractivity contribution < 1.29 is 0 Å². The zero-order valence-electron chi connectivity index (χ0n) is 22.0. The summed E-state index contributed by atoms with van der Waals surface area (Å²) in [5.41, 5.74) is 6.31. The molecule has 186 valence electrons. The van der Waals surface area contributed by atoms with E-state index >= 15 is 0 Å². The topological polar surface area (TPSA) is 26.0 Å². The van der Waals surface area contributed by atoms with Crippen LogP contribution in [0.2, 0.25) is 0 Å². The fraction of sp³-hybridized carbons (Fsp3) is 0.933. The molecule has 0 aliphatic heterocycles. The molecule has 0 saturated carbocycles. The van der Waals surface area contributed by atoms with Crippen LogP contribution in [0, 0.1) is 0 Å². The molecule has 0 spiro atoms. The van der Waals surface area contributed by atoms with Crippen LogP contribution in [0.5, 0.6) is 0 Å². The number of nitrogens with two attached hydrogens (primary N) is 1. The average molecular weight is 436 g/mol. The Balaban J connectivity index is 3.19. The fourth-order valence-corrected chi connectivity index (χ4v) is 4.52. The summed E-state index contributed by atoms with van der Waals surface area (Å²) in [6, 6.07) is 0.455. The largest absolute Gasteiger partial charge is 0.328 e. The number of hydrogen-bond donors (Lipinski definition) is 1. The number of rotatable bonds is 26. The maximum Gasteiger partial charge on any atom is 0.00388 e. The summed E-state index contributed by atoms with van der Waals surface area (Å²) in [4.78, 5) is 0. The van der Waals surface area contributed by atoms with Gasteiger partial charge in [0.2, 0.25) is 0 Å². The van der Waals surface area contributed by atoms with Gasteiger partial charge in [0, 0.05) is 6.04 Å². The molecule has 0 bridgehead atoms. The van der Waals surface area contributed by atoms with Crippen LogP contribution < -0.4 is 5.73 Å². The molecule has 0 aliphatic rings. The van der Waals surface area contributed by atoms with E-state index in [1.807, 2.05) is 0 Å². The minimum Gasteiger partial charge on any atom is -0.328 e. The van der Waals surface area contributed by atoms with E-state index in [1.165, 1.54) is 161 Å². The van der Waals surface area contributed by atoms with Gasteiger partial charge in [0.1, 0.15) is 0 Å². The Hall–Kier alpha value is -0.300. The highest BCUT2D eigenvalue weighted by Gasteiger charge is 2.02. The van der Waals surface area contributed by atoms with Crippen molar-refractivity contribution in [2.24, 2.45) is 5.73 Å². The normalized spacial score (nSPS) is 12.7. The second kappa shape index (κ2) is 27.7. The molecule has 31 heavy (non-hydrogen) atoms. The van der Waals surface area contributed by atoms with Crippen LogP contribution >= 0.6 is 0 Å². The summed E-state index contributed by atoms with van der Waals surface area (Å²) >= 11 is 0. The summed E-state index contributed by atoms with van der Waals surface area (Å²) in [7, 11) is 0. The third kappa shape index (κ3) is 27.7. The van der Waals surface area contributed by atoms with Gasteiger partial charge in [-0.2, -0.15) is 0 Å². The predicted octanol–water partition coefficient (Wildman–Crippen LogP) is 10.7. The second-order valence-electron chi connectivity index (χ2n) is 10.1. The van der Waals surface area contributed by atoms with Gasteiger partial charge in [0.25, 0.3) is 0 Å². The summed E-state index contributed by atoms with van der Waals surface area (Å²) in [6.45, 7) is 4.59. The summed E-state index contributed by atoms with van der Waals surface area (Å²) in [6.07, 6.45) is 39.5. The average Bonchev–Trinajstić information content (AvgIpc) is 2.77. The SMILES string of the molecule is CCCCCCCCCCCC=CCCCCCCC(N)CCCCCCCCCC. The molecule has 0 fully saturated rings. The number of allylic oxidation sites excluding steroid dienone is 2. The third-order valence-electron chi connectivity index (χ3n) is 6.77. The van der Waals surface area contributed by atoms with Crippen LogP contribution in [0.3, 0.4) is 0 Å². The molecule has 0 aromatic heterocycles. The van der Waals surface area contributed by atoms with Gasteiger partial charge >= 0.3 is 0 Å². The monoisotopic (exact) mass is 435 g/mol. The molecular weight excluding hydrogens is 374 g/mol. The molecule has 0 saturated heterocycles. The highest BCUT2D eigenvalue weighted by molar-refractivity contribution is 4.81. The second-order valence-corrected chi connectivity index (χ2v) is 10.1. The lowest BCUT2D eigenvalue weighted by atomic mass is 10.0. The first kappa shape index (κ1) is 30.7. The lowest BCUT2D eigenvalue weighted by Crippen LogP contribution is -2.19.